The summed E-state index contributed by atoms with van der Waals surface area (Å²) >= 11 is 0. The Morgan fingerprint density at radius 2 is 0.836 bits per heavy atom. The first kappa shape index (κ1) is 86.8. The van der Waals surface area contributed by atoms with Crippen molar-refractivity contribution in [2.24, 2.45) is 20.0 Å². The summed E-state index contributed by atoms with van der Waals surface area (Å²) < 4.78 is 0. The lowest BCUT2D eigenvalue weighted by molar-refractivity contribution is 0.241. The van der Waals surface area contributed by atoms with Crippen LogP contribution in [0.4, 0.5) is 0 Å². The molecule has 67 heavy (non-hydrogen) atoms. The fourth-order valence-electron chi connectivity index (χ4n) is 2.93. The summed E-state index contributed by atoms with van der Waals surface area (Å²) in [5.41, 5.74) is -1.19. The lowest BCUT2D eigenvalue weighted by Crippen LogP contribution is -2.46. The maximum Gasteiger partial charge on any atom is 0.106 e. The van der Waals surface area contributed by atoms with Crippen LogP contribution in [-0.2, 0) is 0 Å². The molecule has 8 atom stereocenters. The Kier molecular flexibility index (Phi) is 83.9. The van der Waals surface area contributed by atoms with E-state index < -0.39 is 60.1 Å². The SMILES string of the molecule is C=CC(O)C=N.CC(O)C=N.CCC(O)C=N.CCC(O)C=NC.CC[Si](CC)(CC)C(O)C=N.CN=CC(C)O.CN=CC(O)[Si](C)(C)C.CN=CCO.C[Si](C)(C)C(O)C=N.N=CCO. The molecule has 0 rings (SSSR count). The highest BCUT2D eigenvalue weighted by molar-refractivity contribution is 6.83. The number of aliphatic hydroxyl groups excluding tert-OH is 10. The smallest absolute Gasteiger partial charge is 0.106 e. The second-order valence-corrected chi connectivity index (χ2v) is 31.8. The van der Waals surface area contributed by atoms with Gasteiger partial charge in [0.05, 0.1) is 79.0 Å². The van der Waals surface area contributed by atoms with E-state index in [1.54, 1.807) is 41.3 Å². The van der Waals surface area contributed by atoms with Gasteiger partial charge in [-0.3, -0.25) is 20.0 Å². The van der Waals surface area contributed by atoms with E-state index in [0.717, 1.165) is 55.6 Å². The van der Waals surface area contributed by atoms with E-state index >= 15 is 0 Å². The van der Waals surface area contributed by atoms with Crippen molar-refractivity contribution in [3.63, 3.8) is 0 Å². The molecular formula is C44H102N10O10Si3. The van der Waals surface area contributed by atoms with E-state index in [1.807, 2.05) is 33.5 Å². The average molecular weight is 1020 g/mol. The molecule has 0 aliphatic rings. The monoisotopic (exact) mass is 1010 g/mol. The molecule has 0 fully saturated rings. The Hall–Kier alpha value is -3.31. The summed E-state index contributed by atoms with van der Waals surface area (Å²) in [6.07, 6.45) is 12.3. The second-order valence-electron chi connectivity index (χ2n) is 15.7. The number of nitrogens with one attached hydrogen (secondary N) is 6. The highest BCUT2D eigenvalue weighted by Gasteiger charge is 2.33. The van der Waals surface area contributed by atoms with Crippen LogP contribution in [0.5, 0.6) is 0 Å². The number of aliphatic hydroxyl groups is 10. The number of aliphatic imine (C=N–C) groups is 4. The molecule has 16 N–H and O–H groups in total. The fourth-order valence-corrected chi connectivity index (χ4v) is 7.13. The third-order valence-corrected chi connectivity index (χ3v) is 17.4. The molecule has 23 heteroatoms. The topological polar surface area (TPSA) is 395 Å². The van der Waals surface area contributed by atoms with Gasteiger partial charge in [0.2, 0.25) is 0 Å². The Morgan fingerprint density at radius 3 is 0.881 bits per heavy atom. The Bertz CT molecular complexity index is 1190. The van der Waals surface area contributed by atoms with Crippen molar-refractivity contribution in [3.8, 4) is 0 Å². The van der Waals surface area contributed by atoms with Gasteiger partial charge in [-0.2, -0.15) is 0 Å². The molecule has 0 aromatic rings. The second kappa shape index (κ2) is 64.8. The Balaban J connectivity index is -0.0000000682. The van der Waals surface area contributed by atoms with Crippen molar-refractivity contribution in [1.82, 2.24) is 0 Å². The molecule has 0 aromatic carbocycles. The zero-order valence-corrected chi connectivity index (χ0v) is 47.4. The van der Waals surface area contributed by atoms with Gasteiger partial charge in [-0.25, -0.2) is 0 Å². The zero-order valence-electron chi connectivity index (χ0n) is 44.4. The normalized spacial score (nSPS) is 14.0. The largest absolute Gasteiger partial charge is 0.391 e. The highest BCUT2D eigenvalue weighted by atomic mass is 28.3. The molecule has 400 valence electrons. The molecule has 20 nitrogen and oxygen atoms in total. The van der Waals surface area contributed by atoms with Crippen molar-refractivity contribution >= 4 is 86.4 Å². The minimum Gasteiger partial charge on any atom is -0.391 e. The zero-order chi connectivity index (χ0) is 55.7. The number of rotatable bonds is 19. The first-order valence-corrected chi connectivity index (χ1v) is 31.8. The fraction of sp³-hybridized carbons (Fsp3) is 0.727. The quantitative estimate of drug-likeness (QED) is 0.0494. The molecule has 0 aromatic heterocycles. The van der Waals surface area contributed by atoms with Gasteiger partial charge < -0.3 is 83.5 Å². The van der Waals surface area contributed by atoms with Crippen LogP contribution in [0.3, 0.4) is 0 Å². The minimum atomic E-state index is -1.51. The molecule has 0 aliphatic carbocycles. The number of hydrogen-bond donors (Lipinski definition) is 16. The lowest BCUT2D eigenvalue weighted by atomic mass is 10.3. The summed E-state index contributed by atoms with van der Waals surface area (Å²) in [4.78, 5) is 14.4. The minimum absolute atomic E-state index is 0.0521. The van der Waals surface area contributed by atoms with Crippen LogP contribution in [0.15, 0.2) is 32.6 Å². The van der Waals surface area contributed by atoms with Crippen LogP contribution in [0, 0.1) is 32.5 Å². The van der Waals surface area contributed by atoms with E-state index in [1.165, 1.54) is 37.9 Å². The molecule has 0 spiro atoms. The van der Waals surface area contributed by atoms with Gasteiger partial charge in [-0.05, 0) is 26.7 Å². The van der Waals surface area contributed by atoms with Gasteiger partial charge in [0.15, 0.2) is 0 Å². The molecule has 0 amide bonds. The van der Waals surface area contributed by atoms with Crippen LogP contribution >= 0.6 is 0 Å². The lowest BCUT2D eigenvalue weighted by Gasteiger charge is -2.30. The summed E-state index contributed by atoms with van der Waals surface area (Å²) in [6, 6.07) is 3.24. The van der Waals surface area contributed by atoms with Gasteiger partial charge in [-0.1, -0.05) is 98.1 Å². The van der Waals surface area contributed by atoms with Crippen molar-refractivity contribution in [2.75, 3.05) is 41.4 Å². The van der Waals surface area contributed by atoms with Gasteiger partial charge >= 0.3 is 0 Å². The van der Waals surface area contributed by atoms with Crippen LogP contribution in [0.25, 0.3) is 0 Å². The van der Waals surface area contributed by atoms with Gasteiger partial charge in [0.1, 0.15) is 6.10 Å². The molecule has 0 radical (unpaired) electrons. The van der Waals surface area contributed by atoms with Crippen molar-refractivity contribution in [3.05, 3.63) is 12.7 Å². The first-order valence-electron chi connectivity index (χ1n) is 21.9. The predicted octanol–water partition coefficient (Wildman–Crippen LogP) is 4.28. The Labute approximate surface area is 409 Å². The van der Waals surface area contributed by atoms with E-state index in [0.29, 0.717) is 6.42 Å². The third kappa shape index (κ3) is 86.4. The van der Waals surface area contributed by atoms with Crippen LogP contribution in [0.2, 0.25) is 57.4 Å². The van der Waals surface area contributed by atoms with E-state index in [-0.39, 0.29) is 25.0 Å². The molecule has 0 aliphatic heterocycles. The molecular weight excluding hydrogens is 913 g/mol. The van der Waals surface area contributed by atoms with Gasteiger partial charge in [-0.15, -0.1) is 6.58 Å². The molecule has 0 saturated heterocycles. The molecule has 0 bridgehead atoms. The number of nitrogens with zero attached hydrogens (tertiary/aromatic N) is 4. The number of hydrogen-bond acceptors (Lipinski definition) is 20. The van der Waals surface area contributed by atoms with E-state index in [2.05, 4.69) is 67.0 Å². The van der Waals surface area contributed by atoms with Crippen LogP contribution < -0.4 is 0 Å². The Morgan fingerprint density at radius 1 is 0.478 bits per heavy atom. The predicted molar refractivity (Wildman–Crippen MR) is 299 cm³/mol. The average Bonchev–Trinajstić information content (AvgIpc) is 3.30. The molecule has 8 unspecified atom stereocenters. The van der Waals surface area contributed by atoms with Gasteiger partial charge in [0.25, 0.3) is 0 Å². The van der Waals surface area contributed by atoms with Crippen molar-refractivity contribution in [1.29, 1.82) is 32.5 Å². The van der Waals surface area contributed by atoms with Crippen molar-refractivity contribution in [2.45, 2.75) is 166 Å². The maximum atomic E-state index is 9.59. The standard InChI is InChI=1S/C8H19NOSi.C6H15NOSi.C5H13NOSi.C5H11NO.2C4H9NO.C4H7NO.2C3H7NO.C2H5NO/c1-4-11(5-2,6-3)8(10)7-9;1-7-5-6(8)9(2,3)4;1-8(2,3)5(7)4-6;1-3-5(7)4-6-2;1-4(6)3-5-2;2*1-2-4(6)3-5;1-4-2-3-5;1-3(5)2-4;3-1-2-4/h7-10H,4-6H2,1-3H3;5-6,8H,1-4H3;4-7H,1-3H3;4-5,7H,3H2,1-2H3;3-4,6H,1-2H3;3-6H,2H2,1H3;2-6H,1H2;2,5H,3H2,1H3;2-5H,1H3;1,3-4H,2H2. The van der Waals surface area contributed by atoms with E-state index in [4.69, 9.17) is 73.3 Å². The molecule has 0 saturated carbocycles. The van der Waals surface area contributed by atoms with Gasteiger partial charge in [0, 0.05) is 90.3 Å². The summed E-state index contributed by atoms with van der Waals surface area (Å²) in [7, 11) is 2.26. The molecule has 0 heterocycles. The summed E-state index contributed by atoms with van der Waals surface area (Å²) in [6.45, 7) is 28.9. The highest BCUT2D eigenvalue weighted by Crippen LogP contribution is 2.23. The summed E-state index contributed by atoms with van der Waals surface area (Å²) in [5.74, 6) is 0. The van der Waals surface area contributed by atoms with Crippen LogP contribution in [-0.4, -0.2) is 227 Å². The van der Waals surface area contributed by atoms with Crippen LogP contribution in [0.1, 0.15) is 61.3 Å². The van der Waals surface area contributed by atoms with E-state index in [9.17, 15) is 10.2 Å². The van der Waals surface area contributed by atoms with Crippen molar-refractivity contribution < 1.29 is 51.1 Å². The summed E-state index contributed by atoms with van der Waals surface area (Å²) in [5, 5.41) is 124. The third-order valence-electron chi connectivity index (χ3n) is 7.84. The first-order chi connectivity index (χ1) is 30.9. The maximum absolute atomic E-state index is 9.59.